The molecule has 1 heterocycles. The Labute approximate surface area is 127 Å². The van der Waals surface area contributed by atoms with Gasteiger partial charge in [-0.1, -0.05) is 0 Å². The first-order chi connectivity index (χ1) is 10.3. The maximum atomic E-state index is 5.93. The van der Waals surface area contributed by atoms with Crippen LogP contribution in [0.1, 0.15) is 42.5 Å². The van der Waals surface area contributed by atoms with Gasteiger partial charge in [-0.2, -0.15) is 0 Å². The second-order valence-electron chi connectivity index (χ2n) is 6.43. The first-order valence-corrected chi connectivity index (χ1v) is 8.28. The van der Waals surface area contributed by atoms with E-state index in [2.05, 4.69) is 18.0 Å². The Morgan fingerprint density at radius 2 is 2.14 bits per heavy atom. The molecular formula is C17H27N3O. The smallest absolute Gasteiger partial charge is 0.133 e. The van der Waals surface area contributed by atoms with Gasteiger partial charge in [0.05, 0.1) is 6.61 Å². The molecule has 0 aliphatic heterocycles. The lowest BCUT2D eigenvalue weighted by atomic mass is 9.94. The summed E-state index contributed by atoms with van der Waals surface area (Å²) in [5, 5.41) is 0. The van der Waals surface area contributed by atoms with Crippen LogP contribution in [0.4, 0.5) is 5.82 Å². The van der Waals surface area contributed by atoms with Gasteiger partial charge in [0.25, 0.3) is 0 Å². The molecule has 2 aliphatic carbocycles. The Morgan fingerprint density at radius 3 is 2.90 bits per heavy atom. The number of hydrogen-bond acceptors (Lipinski definition) is 4. The molecule has 0 amide bonds. The highest BCUT2D eigenvalue weighted by atomic mass is 16.5. The fourth-order valence-electron chi connectivity index (χ4n) is 2.99. The van der Waals surface area contributed by atoms with E-state index in [4.69, 9.17) is 15.5 Å². The van der Waals surface area contributed by atoms with Crippen LogP contribution < -0.4 is 10.6 Å². The van der Waals surface area contributed by atoms with Crippen molar-refractivity contribution in [2.45, 2.75) is 45.1 Å². The normalized spacial score (nSPS) is 17.6. The number of nitrogens with two attached hydrogens (primary N) is 1. The zero-order valence-electron chi connectivity index (χ0n) is 13.1. The van der Waals surface area contributed by atoms with Crippen molar-refractivity contribution in [2.75, 3.05) is 31.7 Å². The number of ether oxygens (including phenoxy) is 1. The molecule has 0 aromatic carbocycles. The van der Waals surface area contributed by atoms with Crippen LogP contribution in [0.5, 0.6) is 0 Å². The third-order valence-corrected chi connectivity index (χ3v) is 4.56. The number of aromatic nitrogens is 1. The Morgan fingerprint density at radius 1 is 1.33 bits per heavy atom. The summed E-state index contributed by atoms with van der Waals surface area (Å²) in [6.07, 6.45) is 7.50. The van der Waals surface area contributed by atoms with Crippen LogP contribution in [0.15, 0.2) is 6.07 Å². The molecule has 116 valence electrons. The van der Waals surface area contributed by atoms with Crippen LogP contribution in [0.2, 0.25) is 0 Å². The third kappa shape index (κ3) is 3.74. The topological polar surface area (TPSA) is 51.4 Å². The number of aryl methyl sites for hydroxylation is 2. The molecule has 4 heteroatoms. The fourth-order valence-corrected chi connectivity index (χ4v) is 2.99. The first-order valence-electron chi connectivity index (χ1n) is 8.28. The quantitative estimate of drug-likeness (QED) is 0.782. The van der Waals surface area contributed by atoms with E-state index in [1.54, 1.807) is 0 Å². The molecule has 3 rings (SSSR count). The van der Waals surface area contributed by atoms with E-state index in [0.29, 0.717) is 6.54 Å². The second kappa shape index (κ2) is 6.75. The molecule has 0 radical (unpaired) electrons. The minimum absolute atomic E-state index is 0.558. The SMILES string of the molecule is CN(CCOCC1CC1)c1nc2c(cc1CN)CCCC2. The van der Waals surface area contributed by atoms with Crippen molar-refractivity contribution in [3.05, 3.63) is 22.9 Å². The number of pyridine rings is 1. The summed E-state index contributed by atoms with van der Waals surface area (Å²) in [4.78, 5) is 7.10. The average molecular weight is 289 g/mol. The Kier molecular flexibility index (Phi) is 4.76. The van der Waals surface area contributed by atoms with Crippen LogP contribution in [0, 0.1) is 5.92 Å². The molecule has 2 N–H and O–H groups in total. The number of nitrogens with zero attached hydrogens (tertiary/aromatic N) is 2. The molecule has 21 heavy (non-hydrogen) atoms. The third-order valence-electron chi connectivity index (χ3n) is 4.56. The number of likely N-dealkylation sites (N-methyl/N-ethyl adjacent to an activating group) is 1. The molecule has 0 saturated heterocycles. The van der Waals surface area contributed by atoms with Crippen molar-refractivity contribution in [3.8, 4) is 0 Å². The Bertz CT molecular complexity index is 485. The summed E-state index contributed by atoms with van der Waals surface area (Å²) < 4.78 is 5.74. The predicted molar refractivity (Wildman–Crippen MR) is 85.6 cm³/mol. The van der Waals surface area contributed by atoms with E-state index in [1.807, 2.05) is 0 Å². The van der Waals surface area contributed by atoms with Gasteiger partial charge < -0.3 is 15.4 Å². The highest BCUT2D eigenvalue weighted by Gasteiger charge is 2.21. The van der Waals surface area contributed by atoms with Crippen molar-refractivity contribution in [1.29, 1.82) is 0 Å². The van der Waals surface area contributed by atoms with Crippen molar-refractivity contribution >= 4 is 5.82 Å². The molecule has 1 fully saturated rings. The van der Waals surface area contributed by atoms with Gasteiger partial charge >= 0.3 is 0 Å². The van der Waals surface area contributed by atoms with Crippen molar-refractivity contribution < 1.29 is 4.74 Å². The van der Waals surface area contributed by atoms with Gasteiger partial charge in [0.1, 0.15) is 5.82 Å². The van der Waals surface area contributed by atoms with E-state index < -0.39 is 0 Å². The van der Waals surface area contributed by atoms with Gasteiger partial charge in [-0.15, -0.1) is 0 Å². The van der Waals surface area contributed by atoms with Crippen molar-refractivity contribution in [1.82, 2.24) is 4.98 Å². The van der Waals surface area contributed by atoms with Crippen LogP contribution >= 0.6 is 0 Å². The van der Waals surface area contributed by atoms with Crippen molar-refractivity contribution in [3.63, 3.8) is 0 Å². The monoisotopic (exact) mass is 289 g/mol. The molecule has 1 aromatic heterocycles. The lowest BCUT2D eigenvalue weighted by Crippen LogP contribution is -2.26. The van der Waals surface area contributed by atoms with Gasteiger partial charge in [0.2, 0.25) is 0 Å². The molecular weight excluding hydrogens is 262 g/mol. The number of rotatable bonds is 7. The lowest BCUT2D eigenvalue weighted by molar-refractivity contribution is 0.130. The number of fused-ring (bicyclic) bond motifs is 1. The zero-order valence-corrected chi connectivity index (χ0v) is 13.1. The number of hydrogen-bond donors (Lipinski definition) is 1. The molecule has 1 aromatic rings. The van der Waals surface area contributed by atoms with E-state index in [9.17, 15) is 0 Å². The number of anilines is 1. The van der Waals surface area contributed by atoms with E-state index in [0.717, 1.165) is 44.3 Å². The van der Waals surface area contributed by atoms with Crippen LogP contribution in [-0.2, 0) is 24.1 Å². The Hall–Kier alpha value is -1.13. The lowest BCUT2D eigenvalue weighted by Gasteiger charge is -2.24. The summed E-state index contributed by atoms with van der Waals surface area (Å²) in [6, 6.07) is 2.28. The zero-order chi connectivity index (χ0) is 14.7. The van der Waals surface area contributed by atoms with Crippen LogP contribution in [-0.4, -0.2) is 31.8 Å². The average Bonchev–Trinajstić information content (AvgIpc) is 3.34. The largest absolute Gasteiger partial charge is 0.379 e. The molecule has 2 aliphatic rings. The molecule has 4 nitrogen and oxygen atoms in total. The van der Waals surface area contributed by atoms with Gasteiger partial charge in [-0.3, -0.25) is 0 Å². The summed E-state index contributed by atoms with van der Waals surface area (Å²) in [5.41, 5.74) is 9.78. The molecule has 1 saturated carbocycles. The summed E-state index contributed by atoms with van der Waals surface area (Å²) in [6.45, 7) is 3.14. The van der Waals surface area contributed by atoms with Gasteiger partial charge in [-0.05, 0) is 56.1 Å². The highest BCUT2D eigenvalue weighted by Crippen LogP contribution is 2.29. The minimum Gasteiger partial charge on any atom is -0.379 e. The molecule has 0 atom stereocenters. The van der Waals surface area contributed by atoms with Crippen LogP contribution in [0.25, 0.3) is 0 Å². The summed E-state index contributed by atoms with van der Waals surface area (Å²) in [5.74, 6) is 1.88. The van der Waals surface area contributed by atoms with E-state index >= 15 is 0 Å². The van der Waals surface area contributed by atoms with Crippen molar-refractivity contribution in [2.24, 2.45) is 11.7 Å². The van der Waals surface area contributed by atoms with Gasteiger partial charge in [0.15, 0.2) is 0 Å². The molecule has 0 unspecified atom stereocenters. The molecule has 0 spiro atoms. The van der Waals surface area contributed by atoms with Gasteiger partial charge in [0, 0.05) is 38.0 Å². The summed E-state index contributed by atoms with van der Waals surface area (Å²) in [7, 11) is 2.09. The van der Waals surface area contributed by atoms with E-state index in [-0.39, 0.29) is 0 Å². The standard InChI is InChI=1S/C17H27N3O/c1-20(8-9-21-12-13-6-7-13)17-15(11-18)10-14-4-2-3-5-16(14)19-17/h10,13H,2-9,11-12,18H2,1H3. The molecule has 0 bridgehead atoms. The van der Waals surface area contributed by atoms with Gasteiger partial charge in [-0.25, -0.2) is 4.98 Å². The fraction of sp³-hybridized carbons (Fsp3) is 0.706. The minimum atomic E-state index is 0.558. The predicted octanol–water partition coefficient (Wildman–Crippen LogP) is 2.28. The Balaban J connectivity index is 1.63. The van der Waals surface area contributed by atoms with Crippen LogP contribution in [0.3, 0.4) is 0 Å². The van der Waals surface area contributed by atoms with E-state index in [1.165, 1.54) is 42.5 Å². The maximum absolute atomic E-state index is 5.93. The maximum Gasteiger partial charge on any atom is 0.133 e. The summed E-state index contributed by atoms with van der Waals surface area (Å²) >= 11 is 0. The first kappa shape index (κ1) is 14.8. The highest BCUT2D eigenvalue weighted by molar-refractivity contribution is 5.50. The second-order valence-corrected chi connectivity index (χ2v) is 6.43.